The van der Waals surface area contributed by atoms with Gasteiger partial charge in [0.25, 0.3) is 5.91 Å². The molecule has 2 N–H and O–H groups in total. The van der Waals surface area contributed by atoms with Crippen molar-refractivity contribution < 1.29 is 14.4 Å². The highest BCUT2D eigenvalue weighted by Crippen LogP contribution is 2.32. The van der Waals surface area contributed by atoms with Gasteiger partial charge in [-0.25, -0.2) is 4.98 Å². The van der Waals surface area contributed by atoms with Gasteiger partial charge in [0.2, 0.25) is 11.8 Å². The number of imide groups is 1. The van der Waals surface area contributed by atoms with Crippen molar-refractivity contribution in [1.82, 2.24) is 10.3 Å². The second-order valence-corrected chi connectivity index (χ2v) is 8.16. The number of carbonyl (C=O) groups is 3. The summed E-state index contributed by atoms with van der Waals surface area (Å²) < 4.78 is 0. The first kappa shape index (κ1) is 19.9. The van der Waals surface area contributed by atoms with Gasteiger partial charge in [0, 0.05) is 37.0 Å². The van der Waals surface area contributed by atoms with Gasteiger partial charge in [-0.1, -0.05) is 30.3 Å². The van der Waals surface area contributed by atoms with Gasteiger partial charge in [-0.05, 0) is 53.4 Å². The molecule has 1 aromatic heterocycles. The molecule has 5 rings (SSSR count). The van der Waals surface area contributed by atoms with E-state index >= 15 is 0 Å². The fourth-order valence-electron chi connectivity index (χ4n) is 4.28. The summed E-state index contributed by atoms with van der Waals surface area (Å²) >= 11 is 0. The minimum absolute atomic E-state index is 0.185. The van der Waals surface area contributed by atoms with Crippen molar-refractivity contribution in [2.75, 3.05) is 10.2 Å². The van der Waals surface area contributed by atoms with Gasteiger partial charge in [0.1, 0.15) is 5.82 Å². The largest absolute Gasteiger partial charge is 0.348 e. The number of aromatic nitrogens is 1. The smallest absolute Gasteiger partial charge is 0.255 e. The highest BCUT2D eigenvalue weighted by molar-refractivity contribution is 6.05. The van der Waals surface area contributed by atoms with Crippen LogP contribution in [-0.2, 0) is 29.1 Å². The highest BCUT2D eigenvalue weighted by Gasteiger charge is 2.30. The van der Waals surface area contributed by atoms with Crippen LogP contribution < -0.4 is 15.5 Å². The van der Waals surface area contributed by atoms with Gasteiger partial charge in [0.05, 0.1) is 5.92 Å². The molecule has 160 valence electrons. The number of anilines is 2. The van der Waals surface area contributed by atoms with E-state index in [0.717, 1.165) is 29.2 Å². The molecule has 1 saturated heterocycles. The van der Waals surface area contributed by atoms with Crippen LogP contribution in [0.25, 0.3) is 0 Å². The van der Waals surface area contributed by atoms with Crippen LogP contribution in [0.2, 0.25) is 0 Å². The van der Waals surface area contributed by atoms with Gasteiger partial charge < -0.3 is 10.2 Å². The topological polar surface area (TPSA) is 91.4 Å². The van der Waals surface area contributed by atoms with E-state index in [-0.39, 0.29) is 30.1 Å². The molecule has 32 heavy (non-hydrogen) atoms. The molecule has 0 bridgehead atoms. The van der Waals surface area contributed by atoms with Crippen LogP contribution >= 0.6 is 0 Å². The van der Waals surface area contributed by atoms with Crippen molar-refractivity contribution >= 4 is 29.2 Å². The van der Waals surface area contributed by atoms with Gasteiger partial charge >= 0.3 is 0 Å². The van der Waals surface area contributed by atoms with Gasteiger partial charge in [-0.15, -0.1) is 0 Å². The molecule has 2 aliphatic rings. The first-order valence-corrected chi connectivity index (χ1v) is 10.6. The van der Waals surface area contributed by atoms with E-state index < -0.39 is 0 Å². The van der Waals surface area contributed by atoms with Gasteiger partial charge in [-0.2, -0.15) is 0 Å². The minimum Gasteiger partial charge on any atom is -0.348 e. The number of nitrogens with one attached hydrogen (secondary N) is 2. The summed E-state index contributed by atoms with van der Waals surface area (Å²) in [5.74, 6) is -0.0668. The molecule has 0 unspecified atom stereocenters. The van der Waals surface area contributed by atoms with Crippen LogP contribution in [0.4, 0.5) is 11.5 Å². The minimum atomic E-state index is -0.337. The molecule has 7 nitrogen and oxygen atoms in total. The number of rotatable bonds is 5. The van der Waals surface area contributed by atoms with E-state index in [2.05, 4.69) is 26.6 Å². The number of pyridine rings is 1. The Morgan fingerprint density at radius 2 is 1.88 bits per heavy atom. The Kier molecular flexibility index (Phi) is 5.15. The standard InChI is InChI=1S/C25H22N4O3/c30-23-13-19(25(32)28-23)12-16-7-9-17(10-8-16)24(31)27-21-5-3-4-18-14-29(15-20(18)21)22-6-1-2-11-26-22/h1-11,19H,12-15H2,(H,27,31)(H,28,30,32)/t19-/m0/s1. The first-order chi connectivity index (χ1) is 15.6. The average molecular weight is 426 g/mol. The van der Waals surface area contributed by atoms with Crippen LogP contribution in [0, 0.1) is 5.92 Å². The van der Waals surface area contributed by atoms with Crippen LogP contribution in [0.1, 0.15) is 33.5 Å². The molecule has 1 fully saturated rings. The summed E-state index contributed by atoms with van der Waals surface area (Å²) in [5.41, 5.74) is 4.53. The number of benzene rings is 2. The Balaban J connectivity index is 1.27. The van der Waals surface area contributed by atoms with E-state index in [4.69, 9.17) is 0 Å². The zero-order valence-corrected chi connectivity index (χ0v) is 17.4. The molecule has 1 atom stereocenters. The molecule has 0 aliphatic carbocycles. The molecule has 2 aromatic carbocycles. The lowest BCUT2D eigenvalue weighted by Gasteiger charge is -2.16. The van der Waals surface area contributed by atoms with Crippen LogP contribution in [0.5, 0.6) is 0 Å². The molecule has 0 saturated carbocycles. The summed E-state index contributed by atoms with van der Waals surface area (Å²) in [6.07, 6.45) is 2.48. The van der Waals surface area contributed by atoms with E-state index in [0.29, 0.717) is 18.5 Å². The van der Waals surface area contributed by atoms with Gasteiger partial charge in [0.15, 0.2) is 0 Å². The third-order valence-corrected chi connectivity index (χ3v) is 5.97. The van der Waals surface area contributed by atoms with Crippen LogP contribution in [0.3, 0.4) is 0 Å². The number of carbonyl (C=O) groups excluding carboxylic acids is 3. The maximum Gasteiger partial charge on any atom is 0.255 e. The molecular formula is C25H22N4O3. The van der Waals surface area contributed by atoms with E-state index in [1.807, 2.05) is 42.5 Å². The Hall–Kier alpha value is -4.00. The third kappa shape index (κ3) is 3.97. The zero-order chi connectivity index (χ0) is 22.1. The summed E-state index contributed by atoms with van der Waals surface area (Å²) in [6, 6.07) is 19.0. The quantitative estimate of drug-likeness (QED) is 0.612. The zero-order valence-electron chi connectivity index (χ0n) is 17.4. The second-order valence-electron chi connectivity index (χ2n) is 8.16. The Bertz CT molecular complexity index is 1190. The lowest BCUT2D eigenvalue weighted by atomic mass is 9.97. The Morgan fingerprint density at radius 1 is 1.03 bits per heavy atom. The summed E-state index contributed by atoms with van der Waals surface area (Å²) in [7, 11) is 0. The normalized spacial score (nSPS) is 17.2. The number of amides is 3. The molecule has 0 radical (unpaired) electrons. The van der Waals surface area contributed by atoms with E-state index in [9.17, 15) is 14.4 Å². The molecule has 2 aliphatic heterocycles. The van der Waals surface area contributed by atoms with Crippen LogP contribution in [0.15, 0.2) is 66.9 Å². The monoisotopic (exact) mass is 426 g/mol. The van der Waals surface area contributed by atoms with Crippen molar-refractivity contribution in [3.05, 3.63) is 89.1 Å². The summed E-state index contributed by atoms with van der Waals surface area (Å²) in [4.78, 5) is 42.6. The number of hydrogen-bond acceptors (Lipinski definition) is 5. The predicted molar refractivity (Wildman–Crippen MR) is 120 cm³/mol. The SMILES string of the molecule is O=C1C[C@H](Cc2ccc(C(=O)Nc3cccc4c3CN(c3ccccn3)C4)cc2)C(=O)N1. The van der Waals surface area contributed by atoms with Crippen molar-refractivity contribution in [1.29, 1.82) is 0 Å². The summed E-state index contributed by atoms with van der Waals surface area (Å²) in [5, 5.41) is 5.37. The Labute approximate surface area is 185 Å². The third-order valence-electron chi connectivity index (χ3n) is 5.97. The van der Waals surface area contributed by atoms with Crippen molar-refractivity contribution in [3.8, 4) is 0 Å². The molecule has 3 heterocycles. The molecule has 0 spiro atoms. The van der Waals surface area contributed by atoms with Crippen molar-refractivity contribution in [2.24, 2.45) is 5.92 Å². The fourth-order valence-corrected chi connectivity index (χ4v) is 4.28. The Morgan fingerprint density at radius 3 is 2.59 bits per heavy atom. The number of hydrogen-bond donors (Lipinski definition) is 2. The lowest BCUT2D eigenvalue weighted by Crippen LogP contribution is -2.22. The van der Waals surface area contributed by atoms with Crippen molar-refractivity contribution in [2.45, 2.75) is 25.9 Å². The molecule has 3 amide bonds. The molecular weight excluding hydrogens is 404 g/mol. The molecule has 7 heteroatoms. The van der Waals surface area contributed by atoms with Crippen LogP contribution in [-0.4, -0.2) is 22.7 Å². The van der Waals surface area contributed by atoms with Crippen molar-refractivity contribution in [3.63, 3.8) is 0 Å². The summed E-state index contributed by atoms with van der Waals surface area (Å²) in [6.45, 7) is 1.44. The average Bonchev–Trinajstić information content (AvgIpc) is 3.38. The molecule has 3 aromatic rings. The fraction of sp³-hybridized carbons (Fsp3) is 0.200. The predicted octanol–water partition coefficient (Wildman–Crippen LogP) is 3.06. The van der Waals surface area contributed by atoms with E-state index in [1.165, 1.54) is 5.56 Å². The highest BCUT2D eigenvalue weighted by atomic mass is 16.2. The van der Waals surface area contributed by atoms with E-state index in [1.54, 1.807) is 18.3 Å². The first-order valence-electron chi connectivity index (χ1n) is 10.6. The maximum absolute atomic E-state index is 12.9. The van der Waals surface area contributed by atoms with Gasteiger partial charge in [-0.3, -0.25) is 19.7 Å². The lowest BCUT2D eigenvalue weighted by molar-refractivity contribution is -0.125. The number of fused-ring (bicyclic) bond motifs is 1. The second kappa shape index (κ2) is 8.26. The number of nitrogens with zero attached hydrogens (tertiary/aromatic N) is 2. The maximum atomic E-state index is 12.9.